The lowest BCUT2D eigenvalue weighted by atomic mass is 10.0. The Labute approximate surface area is 124 Å². The van der Waals surface area contributed by atoms with Crippen LogP contribution in [0, 0.1) is 5.82 Å². The number of phenols is 1. The minimum absolute atomic E-state index is 0.00865. The number of carboxylic acid groups (broad SMARTS) is 1. The quantitative estimate of drug-likeness (QED) is 0.803. The Morgan fingerprint density at radius 1 is 1.18 bits per heavy atom. The fraction of sp³-hybridized carbons (Fsp3) is 0.0667. The molecule has 0 amide bonds. The van der Waals surface area contributed by atoms with Gasteiger partial charge in [0.25, 0.3) is 0 Å². The van der Waals surface area contributed by atoms with Crippen LogP contribution < -0.4 is 5.43 Å². The molecule has 1 heterocycles. The predicted octanol–water partition coefficient (Wildman–Crippen LogP) is 1.75. The maximum absolute atomic E-state index is 12.9. The minimum atomic E-state index is -2.03. The average Bonchev–Trinajstić information content (AvgIpc) is 2.95. The van der Waals surface area contributed by atoms with Crippen LogP contribution in [0.4, 0.5) is 4.39 Å². The Kier molecular flexibility index (Phi) is 3.17. The smallest absolute Gasteiger partial charge is 0.376 e. The topological polar surface area (TPSA) is 91.2 Å². The van der Waals surface area contributed by atoms with Crippen LogP contribution >= 0.6 is 0 Å². The second-order valence-corrected chi connectivity index (χ2v) is 4.64. The van der Waals surface area contributed by atoms with E-state index in [9.17, 15) is 19.4 Å². The van der Waals surface area contributed by atoms with E-state index < -0.39 is 17.5 Å². The van der Waals surface area contributed by atoms with Crippen molar-refractivity contribution < 1.29 is 24.1 Å². The number of phenolic OH excluding ortho intramolecular Hbond substituents is 1. The van der Waals surface area contributed by atoms with Crippen LogP contribution in [0.25, 0.3) is 0 Å². The molecular formula is C15H11FN2O4. The molecule has 0 spiro atoms. The Morgan fingerprint density at radius 3 is 2.50 bits per heavy atom. The first-order valence-electron chi connectivity index (χ1n) is 6.34. The third kappa shape index (κ3) is 2.12. The molecule has 0 saturated carbocycles. The number of nitrogens with zero attached hydrogens (tertiary/aromatic N) is 1. The number of rotatable bonds is 3. The van der Waals surface area contributed by atoms with Crippen molar-refractivity contribution in [1.82, 2.24) is 5.43 Å². The van der Waals surface area contributed by atoms with Crippen molar-refractivity contribution in [2.45, 2.75) is 5.72 Å². The Bertz CT molecular complexity index is 760. The number of carboxylic acids is 1. The molecule has 0 saturated heterocycles. The lowest BCUT2D eigenvalue weighted by molar-refractivity contribution is -0.159. The molecular weight excluding hydrogens is 291 g/mol. The molecule has 1 unspecified atom stereocenters. The van der Waals surface area contributed by atoms with Gasteiger partial charge in [0, 0.05) is 5.56 Å². The second kappa shape index (κ2) is 5.03. The summed E-state index contributed by atoms with van der Waals surface area (Å²) in [5.74, 6) is -2.05. The van der Waals surface area contributed by atoms with Crippen LogP contribution in [-0.2, 0) is 15.3 Å². The molecule has 0 aliphatic carbocycles. The number of para-hydroxylation sites is 1. The van der Waals surface area contributed by atoms with E-state index in [1.54, 1.807) is 12.1 Å². The highest BCUT2D eigenvalue weighted by molar-refractivity contribution is 5.98. The summed E-state index contributed by atoms with van der Waals surface area (Å²) >= 11 is 0. The van der Waals surface area contributed by atoms with Gasteiger partial charge in [-0.2, -0.15) is 0 Å². The maximum atomic E-state index is 12.9. The highest BCUT2D eigenvalue weighted by Gasteiger charge is 2.49. The number of benzene rings is 2. The van der Waals surface area contributed by atoms with Crippen LogP contribution in [0.5, 0.6) is 5.75 Å². The van der Waals surface area contributed by atoms with Crippen molar-refractivity contribution in [2.24, 2.45) is 5.10 Å². The number of hydrogen-bond donors (Lipinski definition) is 3. The monoisotopic (exact) mass is 302 g/mol. The van der Waals surface area contributed by atoms with E-state index in [4.69, 9.17) is 4.74 Å². The average molecular weight is 302 g/mol. The molecule has 1 atom stereocenters. The van der Waals surface area contributed by atoms with Gasteiger partial charge in [-0.25, -0.2) is 9.18 Å². The summed E-state index contributed by atoms with van der Waals surface area (Å²) in [5, 5.41) is 23.3. The highest BCUT2D eigenvalue weighted by Crippen LogP contribution is 2.34. The van der Waals surface area contributed by atoms with Crippen molar-refractivity contribution in [2.75, 3.05) is 0 Å². The number of hydrogen-bond acceptors (Lipinski definition) is 5. The van der Waals surface area contributed by atoms with Gasteiger partial charge < -0.3 is 14.9 Å². The van der Waals surface area contributed by atoms with Gasteiger partial charge in [0.15, 0.2) is 0 Å². The predicted molar refractivity (Wildman–Crippen MR) is 74.6 cm³/mol. The largest absolute Gasteiger partial charge is 0.507 e. The van der Waals surface area contributed by atoms with Crippen LogP contribution in [0.3, 0.4) is 0 Å². The first-order chi connectivity index (χ1) is 10.5. The molecule has 6 nitrogen and oxygen atoms in total. The van der Waals surface area contributed by atoms with Gasteiger partial charge in [-0.1, -0.05) is 12.1 Å². The number of aromatic hydroxyl groups is 1. The van der Waals surface area contributed by atoms with Crippen LogP contribution in [0.2, 0.25) is 0 Å². The number of halogens is 1. The third-order valence-corrected chi connectivity index (χ3v) is 3.24. The van der Waals surface area contributed by atoms with Gasteiger partial charge in [-0.3, -0.25) is 5.43 Å². The van der Waals surface area contributed by atoms with Crippen molar-refractivity contribution >= 4 is 11.9 Å². The Balaban J connectivity index is 1.99. The zero-order valence-electron chi connectivity index (χ0n) is 11.2. The second-order valence-electron chi connectivity index (χ2n) is 4.64. The molecule has 112 valence electrons. The number of carbonyl (C=O) groups is 1. The van der Waals surface area contributed by atoms with Crippen LogP contribution in [0.15, 0.2) is 53.6 Å². The van der Waals surface area contributed by atoms with Gasteiger partial charge in [0.2, 0.25) is 5.90 Å². The summed E-state index contributed by atoms with van der Waals surface area (Å²) in [6, 6.07) is 11.1. The van der Waals surface area contributed by atoms with Gasteiger partial charge in [-0.15, -0.1) is 5.10 Å². The number of nitrogens with one attached hydrogen (secondary N) is 1. The molecule has 0 fully saturated rings. The first-order valence-corrected chi connectivity index (χ1v) is 6.34. The van der Waals surface area contributed by atoms with Gasteiger partial charge in [0.1, 0.15) is 11.6 Å². The lowest BCUT2D eigenvalue weighted by Crippen LogP contribution is -2.46. The maximum Gasteiger partial charge on any atom is 0.376 e. The molecule has 1 aliphatic rings. The van der Waals surface area contributed by atoms with E-state index in [0.717, 1.165) is 0 Å². The molecule has 3 rings (SSSR count). The molecule has 2 aromatic rings. The van der Waals surface area contributed by atoms with E-state index in [-0.39, 0.29) is 17.2 Å². The molecule has 0 aromatic heterocycles. The van der Waals surface area contributed by atoms with E-state index in [0.29, 0.717) is 5.56 Å². The van der Waals surface area contributed by atoms with E-state index in [1.165, 1.54) is 36.4 Å². The summed E-state index contributed by atoms with van der Waals surface area (Å²) in [4.78, 5) is 11.7. The standard InChI is InChI=1S/C15H11FN2O4/c16-10-7-5-9(6-8-10)13-17-18-15(22-13,14(20)21)11-3-1-2-4-12(11)19/h1-8,18-19H,(H,20,21). The number of aliphatic carboxylic acids is 1. The highest BCUT2D eigenvalue weighted by atomic mass is 19.1. The SMILES string of the molecule is O=C(O)C1(c2ccccc2O)NN=C(c2ccc(F)cc2)O1. The number of hydrazone groups is 1. The molecule has 1 aliphatic heterocycles. The fourth-order valence-corrected chi connectivity index (χ4v) is 2.13. The van der Waals surface area contributed by atoms with Crippen molar-refractivity contribution in [3.8, 4) is 5.75 Å². The molecule has 2 aromatic carbocycles. The van der Waals surface area contributed by atoms with Crippen LogP contribution in [0.1, 0.15) is 11.1 Å². The zero-order chi connectivity index (χ0) is 15.7. The summed E-state index contributed by atoms with van der Waals surface area (Å²) in [6.07, 6.45) is 0. The van der Waals surface area contributed by atoms with Crippen LogP contribution in [-0.4, -0.2) is 22.1 Å². The molecule has 22 heavy (non-hydrogen) atoms. The van der Waals surface area contributed by atoms with Crippen molar-refractivity contribution in [1.29, 1.82) is 0 Å². The summed E-state index contributed by atoms with van der Waals surface area (Å²) < 4.78 is 18.4. The molecule has 0 radical (unpaired) electrons. The summed E-state index contributed by atoms with van der Waals surface area (Å²) in [5.41, 5.74) is 0.796. The van der Waals surface area contributed by atoms with Crippen molar-refractivity contribution in [3.05, 3.63) is 65.5 Å². The van der Waals surface area contributed by atoms with Gasteiger partial charge >= 0.3 is 11.7 Å². The third-order valence-electron chi connectivity index (χ3n) is 3.24. The van der Waals surface area contributed by atoms with Crippen molar-refractivity contribution in [3.63, 3.8) is 0 Å². The molecule has 3 N–H and O–H groups in total. The first kappa shape index (κ1) is 13.9. The Hall–Kier alpha value is -3.09. The Morgan fingerprint density at radius 2 is 1.86 bits per heavy atom. The van der Waals surface area contributed by atoms with Gasteiger partial charge in [0.05, 0.1) is 5.56 Å². The molecule has 0 bridgehead atoms. The molecule has 7 heteroatoms. The van der Waals surface area contributed by atoms with E-state index in [2.05, 4.69) is 10.5 Å². The fourth-order valence-electron chi connectivity index (χ4n) is 2.13. The van der Waals surface area contributed by atoms with E-state index in [1.807, 2.05) is 0 Å². The normalized spacial score (nSPS) is 20.0. The van der Waals surface area contributed by atoms with Gasteiger partial charge in [-0.05, 0) is 36.4 Å². The number of ether oxygens (including phenoxy) is 1. The zero-order valence-corrected chi connectivity index (χ0v) is 11.2. The summed E-state index contributed by atoms with van der Waals surface area (Å²) in [7, 11) is 0. The van der Waals surface area contributed by atoms with E-state index >= 15 is 0 Å². The minimum Gasteiger partial charge on any atom is -0.507 e. The lowest BCUT2D eigenvalue weighted by Gasteiger charge is -2.24. The summed E-state index contributed by atoms with van der Waals surface area (Å²) in [6.45, 7) is 0.